The van der Waals surface area contributed by atoms with E-state index >= 15 is 0 Å². The third-order valence-corrected chi connectivity index (χ3v) is 1.34. The molecule has 0 amide bonds. The van der Waals surface area contributed by atoms with Crippen molar-refractivity contribution >= 4 is 15.9 Å². The van der Waals surface area contributed by atoms with Gasteiger partial charge in [0.25, 0.3) is 0 Å². The lowest BCUT2D eigenvalue weighted by molar-refractivity contribution is 0.492. The average molecular weight is 160 g/mol. The van der Waals surface area contributed by atoms with E-state index in [1.54, 1.807) is 0 Å². The fourth-order valence-electron chi connectivity index (χ4n) is 0.491. The smallest absolute Gasteiger partial charge is 0.104 e. The molecule has 1 nitrogen and oxygen atoms in total. The summed E-state index contributed by atoms with van der Waals surface area (Å²) in [4.78, 5) is 1.99. The van der Waals surface area contributed by atoms with Crippen molar-refractivity contribution in [3.63, 3.8) is 0 Å². The normalized spacial score (nSPS) is 22.9. The molecule has 0 bridgehead atoms. The Bertz CT molecular complexity index is 98.3. The Morgan fingerprint density at radius 3 is 2.86 bits per heavy atom. The number of rotatable bonds is 0. The molecule has 0 N–H and O–H groups in total. The average Bonchev–Trinajstić information content (AvgIpc) is 1.87. The van der Waals surface area contributed by atoms with Gasteiger partial charge < -0.3 is 0 Å². The standard InChI is InChI=1S/C5H6BrN/c1-7-3-2-5(6)4-7/h2H,3H2,1H3. The van der Waals surface area contributed by atoms with Gasteiger partial charge in [-0.1, -0.05) is 22.0 Å². The summed E-state index contributed by atoms with van der Waals surface area (Å²) >= 11 is 3.29. The molecule has 1 aliphatic heterocycles. The highest BCUT2D eigenvalue weighted by atomic mass is 79.9. The van der Waals surface area contributed by atoms with Gasteiger partial charge in [-0.25, -0.2) is 0 Å². The van der Waals surface area contributed by atoms with E-state index in [0.717, 1.165) is 11.0 Å². The number of nitrogens with zero attached hydrogens (tertiary/aromatic N) is 1. The predicted molar refractivity (Wildman–Crippen MR) is 32.9 cm³/mol. The van der Waals surface area contributed by atoms with Crippen molar-refractivity contribution in [3.8, 4) is 0 Å². The molecule has 0 saturated carbocycles. The van der Waals surface area contributed by atoms with Crippen LogP contribution in [0, 0.1) is 6.54 Å². The Kier molecular flexibility index (Phi) is 1.50. The van der Waals surface area contributed by atoms with Crippen LogP contribution in [0.25, 0.3) is 0 Å². The molecule has 38 valence electrons. The predicted octanol–water partition coefficient (Wildman–Crippen LogP) is 1.25. The van der Waals surface area contributed by atoms with Gasteiger partial charge in [0.05, 0.1) is 0 Å². The van der Waals surface area contributed by atoms with Crippen molar-refractivity contribution in [3.05, 3.63) is 17.1 Å². The van der Waals surface area contributed by atoms with E-state index in [1.807, 2.05) is 11.9 Å². The number of hydrogen-bond acceptors (Lipinski definition) is 1. The third kappa shape index (κ3) is 1.28. The summed E-state index contributed by atoms with van der Waals surface area (Å²) in [6.07, 6.45) is 2.07. The van der Waals surface area contributed by atoms with Crippen LogP contribution in [0.2, 0.25) is 0 Å². The molecule has 0 saturated heterocycles. The number of hydrogen-bond donors (Lipinski definition) is 0. The van der Waals surface area contributed by atoms with Gasteiger partial charge in [-0.05, 0) is 7.05 Å². The first-order chi connectivity index (χ1) is 3.29. The lowest BCUT2D eigenvalue weighted by atomic mass is 10.6. The van der Waals surface area contributed by atoms with Crippen molar-refractivity contribution in [2.75, 3.05) is 13.6 Å². The lowest BCUT2D eigenvalue weighted by Crippen LogP contribution is -2.07. The minimum absolute atomic E-state index is 0.987. The number of halogens is 1. The summed E-state index contributed by atoms with van der Waals surface area (Å²) in [5.41, 5.74) is 0. The summed E-state index contributed by atoms with van der Waals surface area (Å²) in [6.45, 7) is 4.01. The van der Waals surface area contributed by atoms with Gasteiger partial charge in [-0.15, -0.1) is 0 Å². The van der Waals surface area contributed by atoms with Crippen molar-refractivity contribution < 1.29 is 0 Å². The van der Waals surface area contributed by atoms with Gasteiger partial charge in [-0.3, -0.25) is 4.90 Å². The van der Waals surface area contributed by atoms with E-state index in [2.05, 4.69) is 28.6 Å². The van der Waals surface area contributed by atoms with Crippen LogP contribution in [0.15, 0.2) is 10.6 Å². The summed E-state index contributed by atoms with van der Waals surface area (Å²) in [5, 5.41) is 0. The molecule has 0 atom stereocenters. The Morgan fingerprint density at radius 2 is 2.71 bits per heavy atom. The molecule has 0 aliphatic carbocycles. The van der Waals surface area contributed by atoms with Crippen LogP contribution < -0.4 is 0 Å². The Hall–Kier alpha value is 0.180. The van der Waals surface area contributed by atoms with Crippen LogP contribution in [-0.4, -0.2) is 18.5 Å². The molecule has 0 aromatic heterocycles. The van der Waals surface area contributed by atoms with E-state index < -0.39 is 0 Å². The summed E-state index contributed by atoms with van der Waals surface area (Å²) < 4.78 is 1.06. The molecule has 7 heavy (non-hydrogen) atoms. The Balaban J connectivity index is 2.42. The first-order valence-electron chi connectivity index (χ1n) is 2.12. The molecular formula is C5H6BrN. The zero-order chi connectivity index (χ0) is 5.28. The fourth-order valence-corrected chi connectivity index (χ4v) is 0.938. The topological polar surface area (TPSA) is 3.24 Å². The van der Waals surface area contributed by atoms with E-state index in [9.17, 15) is 0 Å². The minimum Gasteiger partial charge on any atom is -0.289 e. The van der Waals surface area contributed by atoms with Crippen molar-refractivity contribution in [1.82, 2.24) is 4.90 Å². The maximum Gasteiger partial charge on any atom is 0.104 e. The molecule has 1 aliphatic rings. The van der Waals surface area contributed by atoms with Crippen LogP contribution in [-0.2, 0) is 0 Å². The molecular weight excluding hydrogens is 154 g/mol. The Morgan fingerprint density at radius 1 is 2.00 bits per heavy atom. The first kappa shape index (κ1) is 5.32. The third-order valence-electron chi connectivity index (χ3n) is 0.842. The zero-order valence-electron chi connectivity index (χ0n) is 4.11. The molecule has 0 spiro atoms. The van der Waals surface area contributed by atoms with Crippen molar-refractivity contribution in [2.45, 2.75) is 0 Å². The molecule has 1 rings (SSSR count). The van der Waals surface area contributed by atoms with Gasteiger partial charge in [0.2, 0.25) is 0 Å². The minimum atomic E-state index is 0.987. The monoisotopic (exact) mass is 159 g/mol. The highest BCUT2D eigenvalue weighted by molar-refractivity contribution is 9.11. The summed E-state index contributed by atoms with van der Waals surface area (Å²) in [6, 6.07) is 0. The van der Waals surface area contributed by atoms with Crippen LogP contribution in [0.4, 0.5) is 0 Å². The fraction of sp³-hybridized carbons (Fsp3) is 0.400. The molecule has 0 fully saturated rings. The summed E-state index contributed by atoms with van der Waals surface area (Å²) in [7, 11) is 1.99. The maximum atomic E-state index is 3.29. The second-order valence-electron chi connectivity index (χ2n) is 1.54. The second-order valence-corrected chi connectivity index (χ2v) is 2.40. The largest absolute Gasteiger partial charge is 0.289 e. The van der Waals surface area contributed by atoms with Crippen LogP contribution in [0.1, 0.15) is 0 Å². The number of likely N-dealkylation sites (N-methyl/N-ethyl adjacent to an activating group) is 1. The highest BCUT2D eigenvalue weighted by Gasteiger charge is 2.06. The zero-order valence-corrected chi connectivity index (χ0v) is 5.70. The molecule has 2 radical (unpaired) electrons. The van der Waals surface area contributed by atoms with E-state index in [-0.39, 0.29) is 0 Å². The van der Waals surface area contributed by atoms with E-state index in [4.69, 9.17) is 0 Å². The summed E-state index contributed by atoms with van der Waals surface area (Å²) in [5.74, 6) is 0. The van der Waals surface area contributed by atoms with Gasteiger partial charge >= 0.3 is 0 Å². The van der Waals surface area contributed by atoms with Crippen LogP contribution in [0.5, 0.6) is 0 Å². The first-order valence-corrected chi connectivity index (χ1v) is 2.92. The molecule has 1 heterocycles. The lowest BCUT2D eigenvalue weighted by Gasteiger charge is -2.00. The van der Waals surface area contributed by atoms with Gasteiger partial charge in [0.15, 0.2) is 0 Å². The van der Waals surface area contributed by atoms with Gasteiger partial charge in [0, 0.05) is 11.0 Å². The second kappa shape index (κ2) is 1.97. The highest BCUT2D eigenvalue weighted by Crippen LogP contribution is 2.16. The Labute approximate surface area is 52.1 Å². The SMILES string of the molecule is CN1[C]C(Br)=CC1. The van der Waals surface area contributed by atoms with Gasteiger partial charge in [0.1, 0.15) is 6.54 Å². The quantitative estimate of drug-likeness (QED) is 0.515. The van der Waals surface area contributed by atoms with E-state index in [1.165, 1.54) is 0 Å². The van der Waals surface area contributed by atoms with Crippen molar-refractivity contribution in [1.29, 1.82) is 0 Å². The molecule has 0 aromatic rings. The van der Waals surface area contributed by atoms with Crippen molar-refractivity contribution in [2.24, 2.45) is 0 Å². The van der Waals surface area contributed by atoms with Crippen LogP contribution in [0.3, 0.4) is 0 Å². The maximum absolute atomic E-state index is 3.29. The molecule has 0 unspecified atom stereocenters. The van der Waals surface area contributed by atoms with Gasteiger partial charge in [-0.2, -0.15) is 0 Å². The van der Waals surface area contributed by atoms with Crippen LogP contribution >= 0.6 is 15.9 Å². The molecule has 2 heteroatoms. The van der Waals surface area contributed by atoms with E-state index in [0.29, 0.717) is 0 Å². The molecule has 0 aromatic carbocycles.